The number of hydrogen-bond donors (Lipinski definition) is 0. The van der Waals surface area contributed by atoms with Crippen molar-refractivity contribution in [2.45, 2.75) is 71.0 Å². The number of halogens is 1. The first-order chi connectivity index (χ1) is 12.4. The van der Waals surface area contributed by atoms with E-state index in [1.807, 2.05) is 33.8 Å². The maximum Gasteiger partial charge on any atom is 0.186 e. The van der Waals surface area contributed by atoms with Crippen LogP contribution >= 0.6 is 11.6 Å². The van der Waals surface area contributed by atoms with Crippen LogP contribution in [0, 0.1) is 0 Å². The molecule has 0 bridgehead atoms. The Labute approximate surface area is 159 Å². The molecule has 1 unspecified atom stereocenters. The number of ether oxygens (including phenoxy) is 2. The molecule has 4 rings (SSSR count). The summed E-state index contributed by atoms with van der Waals surface area (Å²) < 4.78 is 12.1. The number of benzene rings is 2. The molecule has 2 aromatic carbocycles. The van der Waals surface area contributed by atoms with Crippen molar-refractivity contribution in [3.8, 4) is 11.5 Å². The molecule has 0 amide bonds. The van der Waals surface area contributed by atoms with E-state index in [-0.39, 0.29) is 18.0 Å². The van der Waals surface area contributed by atoms with Crippen LogP contribution < -0.4 is 9.47 Å². The summed E-state index contributed by atoms with van der Waals surface area (Å²) in [7, 11) is 0. The van der Waals surface area contributed by atoms with Crippen LogP contribution in [0.4, 0.5) is 0 Å². The van der Waals surface area contributed by atoms with E-state index in [1.165, 1.54) is 17.5 Å². The fourth-order valence-corrected chi connectivity index (χ4v) is 4.58. The summed E-state index contributed by atoms with van der Waals surface area (Å²) in [5, 5.41) is 1.61. The van der Waals surface area contributed by atoms with E-state index in [2.05, 4.69) is 6.07 Å². The first kappa shape index (κ1) is 17.7. The van der Waals surface area contributed by atoms with Gasteiger partial charge in [-0.15, -0.1) is 11.6 Å². The highest BCUT2D eigenvalue weighted by atomic mass is 35.5. The summed E-state index contributed by atoms with van der Waals surface area (Å²) in [5.41, 5.74) is 4.50. The molecule has 2 aromatic rings. The van der Waals surface area contributed by atoms with Gasteiger partial charge in [-0.2, -0.15) is 0 Å². The minimum atomic E-state index is -0.484. The summed E-state index contributed by atoms with van der Waals surface area (Å²) in [4.78, 5) is 12.5. The minimum absolute atomic E-state index is 0.0296. The van der Waals surface area contributed by atoms with E-state index in [0.29, 0.717) is 5.75 Å². The molecule has 0 saturated carbocycles. The normalized spacial score (nSPS) is 18.7. The minimum Gasteiger partial charge on any atom is -0.487 e. The molecule has 0 spiro atoms. The molecule has 0 aromatic heterocycles. The first-order valence-electron chi connectivity index (χ1n) is 9.55. The van der Waals surface area contributed by atoms with Crippen LogP contribution in [0.3, 0.4) is 0 Å². The van der Waals surface area contributed by atoms with Crippen LogP contribution in [0.1, 0.15) is 73.0 Å². The van der Waals surface area contributed by atoms with Crippen LogP contribution in [0.15, 0.2) is 12.1 Å². The second-order valence-electron chi connectivity index (χ2n) is 7.86. The second kappa shape index (κ2) is 6.45. The van der Waals surface area contributed by atoms with Gasteiger partial charge in [0, 0.05) is 5.56 Å². The lowest BCUT2D eigenvalue weighted by Gasteiger charge is -2.33. The number of aryl methyl sites for hydroxylation is 1. The predicted octanol–water partition coefficient (Wildman–Crippen LogP) is 5.77. The van der Waals surface area contributed by atoms with Crippen LogP contribution in [-0.2, 0) is 12.8 Å². The zero-order chi connectivity index (χ0) is 18.6. The van der Waals surface area contributed by atoms with Gasteiger partial charge in [-0.3, -0.25) is 4.79 Å². The van der Waals surface area contributed by atoms with E-state index in [0.717, 1.165) is 46.9 Å². The summed E-state index contributed by atoms with van der Waals surface area (Å²) in [6.45, 7) is 8.01. The molecule has 0 saturated heterocycles. The van der Waals surface area contributed by atoms with E-state index < -0.39 is 5.38 Å². The predicted molar refractivity (Wildman–Crippen MR) is 105 cm³/mol. The van der Waals surface area contributed by atoms with Crippen LogP contribution in [-0.4, -0.2) is 18.0 Å². The third-order valence-electron chi connectivity index (χ3n) is 5.20. The van der Waals surface area contributed by atoms with Crippen molar-refractivity contribution in [2.75, 3.05) is 0 Å². The monoisotopic (exact) mass is 372 g/mol. The molecule has 3 nitrogen and oxygen atoms in total. The van der Waals surface area contributed by atoms with Crippen molar-refractivity contribution < 1.29 is 14.3 Å². The molecule has 138 valence electrons. The van der Waals surface area contributed by atoms with Gasteiger partial charge >= 0.3 is 0 Å². The second-order valence-corrected chi connectivity index (χ2v) is 8.29. The number of hydrogen-bond acceptors (Lipinski definition) is 3. The van der Waals surface area contributed by atoms with E-state index in [4.69, 9.17) is 21.1 Å². The Balaban J connectivity index is 2.01. The number of carbonyl (C=O) groups excluding carboxylic acids is 1. The number of alkyl halides is 1. The standard InChI is InChI=1S/C22H25ClO3/c1-11(2)25-17-9-15-13-7-5-6-8-14(13)19-20(22(24)21(19)23)16(15)10-18(17)26-12(3)4/h9-12,21H,5-8H2,1-4H3. The molecule has 0 radical (unpaired) electrons. The lowest BCUT2D eigenvalue weighted by atomic mass is 9.73. The topological polar surface area (TPSA) is 35.5 Å². The molecule has 0 heterocycles. The Bertz CT molecular complexity index is 898. The Kier molecular flexibility index (Phi) is 4.38. The van der Waals surface area contributed by atoms with Crippen molar-refractivity contribution in [2.24, 2.45) is 0 Å². The average molecular weight is 373 g/mol. The Morgan fingerprint density at radius 1 is 0.923 bits per heavy atom. The van der Waals surface area contributed by atoms with Gasteiger partial charge in [0.05, 0.1) is 12.2 Å². The number of fused-ring (bicyclic) bond motifs is 6. The van der Waals surface area contributed by atoms with Crippen LogP contribution in [0.2, 0.25) is 0 Å². The van der Waals surface area contributed by atoms with Gasteiger partial charge in [0.15, 0.2) is 17.3 Å². The van der Waals surface area contributed by atoms with Crippen molar-refractivity contribution in [1.29, 1.82) is 0 Å². The van der Waals surface area contributed by atoms with Gasteiger partial charge in [0.1, 0.15) is 5.38 Å². The fourth-order valence-electron chi connectivity index (χ4n) is 4.23. The third-order valence-corrected chi connectivity index (χ3v) is 5.61. The lowest BCUT2D eigenvalue weighted by molar-refractivity contribution is 0.0962. The Morgan fingerprint density at radius 3 is 2.04 bits per heavy atom. The van der Waals surface area contributed by atoms with E-state index >= 15 is 0 Å². The maximum atomic E-state index is 12.5. The molecule has 1 atom stereocenters. The van der Waals surface area contributed by atoms with Gasteiger partial charge in [0.2, 0.25) is 0 Å². The number of Topliss-reactive ketones (excluding diaryl/α,β-unsaturated/α-hetero) is 1. The van der Waals surface area contributed by atoms with Gasteiger partial charge in [0.25, 0.3) is 0 Å². The average Bonchev–Trinajstić information content (AvgIpc) is 2.59. The molecular formula is C22H25ClO3. The molecule has 0 N–H and O–H groups in total. The van der Waals surface area contributed by atoms with Gasteiger partial charge in [-0.05, 0) is 93.0 Å². The third kappa shape index (κ3) is 2.68. The number of carbonyl (C=O) groups is 1. The molecule has 2 aliphatic carbocycles. The zero-order valence-electron chi connectivity index (χ0n) is 15.8. The molecule has 4 heteroatoms. The first-order valence-corrected chi connectivity index (χ1v) is 9.99. The Morgan fingerprint density at radius 2 is 1.46 bits per heavy atom. The van der Waals surface area contributed by atoms with Gasteiger partial charge in [-0.1, -0.05) is 0 Å². The lowest BCUT2D eigenvalue weighted by Crippen LogP contribution is -2.27. The summed E-state index contributed by atoms with van der Waals surface area (Å²) in [5.74, 6) is 1.49. The maximum absolute atomic E-state index is 12.5. The van der Waals surface area contributed by atoms with Gasteiger partial charge < -0.3 is 9.47 Å². The van der Waals surface area contributed by atoms with E-state index in [1.54, 1.807) is 0 Å². The largest absolute Gasteiger partial charge is 0.487 e. The molecule has 26 heavy (non-hydrogen) atoms. The number of rotatable bonds is 4. The molecule has 0 aliphatic heterocycles. The molecular weight excluding hydrogens is 348 g/mol. The highest BCUT2D eigenvalue weighted by Gasteiger charge is 2.40. The van der Waals surface area contributed by atoms with Crippen LogP contribution in [0.25, 0.3) is 10.8 Å². The Hall–Kier alpha value is -1.74. The number of ketones is 1. The van der Waals surface area contributed by atoms with Crippen LogP contribution in [0.5, 0.6) is 11.5 Å². The van der Waals surface area contributed by atoms with Crippen molar-refractivity contribution in [1.82, 2.24) is 0 Å². The van der Waals surface area contributed by atoms with Crippen molar-refractivity contribution in [3.63, 3.8) is 0 Å². The summed E-state index contributed by atoms with van der Waals surface area (Å²) >= 11 is 6.39. The SMILES string of the molecule is CC(C)Oc1cc2c3c(c4c(c2cc1OC(C)C)C(=O)C4Cl)CCCC3. The fraction of sp³-hybridized carbons (Fsp3) is 0.500. The quantitative estimate of drug-likeness (QED) is 0.639. The van der Waals surface area contributed by atoms with Crippen molar-refractivity contribution >= 4 is 28.2 Å². The molecule has 2 aliphatic rings. The highest BCUT2D eigenvalue weighted by Crippen LogP contribution is 2.50. The van der Waals surface area contributed by atoms with Gasteiger partial charge in [-0.25, -0.2) is 0 Å². The summed E-state index contributed by atoms with van der Waals surface area (Å²) in [6, 6.07) is 4.06. The van der Waals surface area contributed by atoms with E-state index in [9.17, 15) is 4.79 Å². The smallest absolute Gasteiger partial charge is 0.186 e. The zero-order valence-corrected chi connectivity index (χ0v) is 16.6. The van der Waals surface area contributed by atoms with Crippen molar-refractivity contribution in [3.05, 3.63) is 34.4 Å². The summed E-state index contributed by atoms with van der Waals surface area (Å²) in [6.07, 6.45) is 4.45. The highest BCUT2D eigenvalue weighted by molar-refractivity contribution is 6.41. The molecule has 0 fully saturated rings.